The van der Waals surface area contributed by atoms with Gasteiger partial charge in [0.1, 0.15) is 0 Å². The fourth-order valence-electron chi connectivity index (χ4n) is 2.08. The number of nitrogens with two attached hydrogens (primary N) is 1. The van der Waals surface area contributed by atoms with E-state index in [0.29, 0.717) is 24.3 Å². The van der Waals surface area contributed by atoms with Gasteiger partial charge in [0.2, 0.25) is 0 Å². The molecule has 0 aliphatic carbocycles. The van der Waals surface area contributed by atoms with Gasteiger partial charge in [0.15, 0.2) is 0 Å². The molecule has 0 aliphatic heterocycles. The molecule has 25 heavy (non-hydrogen) atoms. The number of primary amides is 1. The number of benzene rings is 2. The van der Waals surface area contributed by atoms with Crippen LogP contribution in [-0.4, -0.2) is 29.8 Å². The summed E-state index contributed by atoms with van der Waals surface area (Å²) in [5.74, 6) is -1.00. The van der Waals surface area contributed by atoms with Gasteiger partial charge in [-0.05, 0) is 30.3 Å². The Morgan fingerprint density at radius 3 is 2.40 bits per heavy atom. The highest BCUT2D eigenvalue weighted by molar-refractivity contribution is 9.10. The molecule has 130 valence electrons. The van der Waals surface area contributed by atoms with Gasteiger partial charge in [-0.25, -0.2) is 0 Å². The lowest BCUT2D eigenvalue weighted by Crippen LogP contribution is -2.29. The number of amides is 2. The molecule has 2 rings (SSSR count). The molecule has 8 nitrogen and oxygen atoms in total. The highest BCUT2D eigenvalue weighted by Crippen LogP contribution is 2.21. The summed E-state index contributed by atoms with van der Waals surface area (Å²) in [6.07, 6.45) is 0. The summed E-state index contributed by atoms with van der Waals surface area (Å²) in [7, 11) is 0. The highest BCUT2D eigenvalue weighted by atomic mass is 79.9. The largest absolute Gasteiger partial charge is 0.383 e. The Balaban J connectivity index is 1.93. The Bertz CT molecular complexity index is 808. The first-order valence-corrected chi connectivity index (χ1v) is 8.03. The molecule has 0 heterocycles. The molecule has 0 saturated heterocycles. The molecule has 0 fully saturated rings. The number of halogens is 1. The van der Waals surface area contributed by atoms with Gasteiger partial charge in [-0.1, -0.05) is 15.9 Å². The highest BCUT2D eigenvalue weighted by Gasteiger charge is 2.14. The van der Waals surface area contributed by atoms with Gasteiger partial charge in [0, 0.05) is 40.9 Å². The third-order valence-electron chi connectivity index (χ3n) is 3.31. The van der Waals surface area contributed by atoms with Crippen molar-refractivity contribution >= 4 is 39.1 Å². The average Bonchev–Trinajstić information content (AvgIpc) is 2.58. The number of nitrogens with one attached hydrogen (secondary N) is 2. The molecule has 0 atom stereocenters. The predicted octanol–water partition coefficient (Wildman–Crippen LogP) is 2.30. The van der Waals surface area contributed by atoms with Crippen LogP contribution in [0.3, 0.4) is 0 Å². The van der Waals surface area contributed by atoms with Crippen LogP contribution in [0.4, 0.5) is 11.4 Å². The third kappa shape index (κ3) is 5.01. The van der Waals surface area contributed by atoms with Crippen molar-refractivity contribution in [2.24, 2.45) is 5.73 Å². The van der Waals surface area contributed by atoms with Crippen molar-refractivity contribution in [3.05, 3.63) is 68.2 Å². The van der Waals surface area contributed by atoms with E-state index in [1.165, 1.54) is 12.1 Å². The van der Waals surface area contributed by atoms with E-state index in [9.17, 15) is 19.7 Å². The predicted molar refractivity (Wildman–Crippen MR) is 96.6 cm³/mol. The normalized spacial score (nSPS) is 10.1. The standard InChI is InChI=1S/C16H15BrN4O4/c17-11-3-1-10(2-4-11)16(23)20-8-7-19-14-6-5-12(21(24)25)9-13(14)15(18)22/h1-6,9,19H,7-8H2,(H2,18,22)(H,20,23). The maximum atomic E-state index is 12.0. The van der Waals surface area contributed by atoms with E-state index >= 15 is 0 Å². The topological polar surface area (TPSA) is 127 Å². The number of anilines is 1. The van der Waals surface area contributed by atoms with Crippen LogP contribution in [0.5, 0.6) is 0 Å². The summed E-state index contributed by atoms with van der Waals surface area (Å²) in [6.45, 7) is 0.616. The molecule has 0 aromatic heterocycles. The minimum absolute atomic E-state index is 0.0217. The molecule has 0 bridgehead atoms. The van der Waals surface area contributed by atoms with Crippen LogP contribution in [0.15, 0.2) is 46.9 Å². The van der Waals surface area contributed by atoms with Crippen LogP contribution >= 0.6 is 15.9 Å². The Morgan fingerprint density at radius 1 is 1.12 bits per heavy atom. The second-order valence-electron chi connectivity index (χ2n) is 5.04. The molecule has 2 aromatic rings. The van der Waals surface area contributed by atoms with Crippen LogP contribution in [0.2, 0.25) is 0 Å². The number of hydrogen-bond acceptors (Lipinski definition) is 5. The van der Waals surface area contributed by atoms with Crippen molar-refractivity contribution in [2.45, 2.75) is 0 Å². The second kappa shape index (κ2) is 8.25. The maximum absolute atomic E-state index is 12.0. The number of nitro benzene ring substituents is 1. The number of non-ortho nitro benzene ring substituents is 1. The van der Waals surface area contributed by atoms with E-state index in [1.54, 1.807) is 24.3 Å². The van der Waals surface area contributed by atoms with Crippen molar-refractivity contribution in [2.75, 3.05) is 18.4 Å². The molecule has 0 unspecified atom stereocenters. The number of nitrogens with zero attached hydrogens (tertiary/aromatic N) is 1. The maximum Gasteiger partial charge on any atom is 0.270 e. The summed E-state index contributed by atoms with van der Waals surface area (Å²) in [4.78, 5) is 33.6. The van der Waals surface area contributed by atoms with Crippen LogP contribution in [0, 0.1) is 10.1 Å². The summed E-state index contributed by atoms with van der Waals surface area (Å²) >= 11 is 3.30. The van der Waals surface area contributed by atoms with Gasteiger partial charge in [0.25, 0.3) is 17.5 Å². The lowest BCUT2D eigenvalue weighted by atomic mass is 10.1. The number of carbonyl (C=O) groups is 2. The number of nitro groups is 1. The lowest BCUT2D eigenvalue weighted by Gasteiger charge is -2.11. The van der Waals surface area contributed by atoms with E-state index in [4.69, 9.17) is 5.73 Å². The van der Waals surface area contributed by atoms with E-state index in [2.05, 4.69) is 26.6 Å². The monoisotopic (exact) mass is 406 g/mol. The van der Waals surface area contributed by atoms with Gasteiger partial charge in [-0.3, -0.25) is 19.7 Å². The second-order valence-corrected chi connectivity index (χ2v) is 5.96. The minimum atomic E-state index is -0.773. The molecule has 0 aliphatic rings. The first-order chi connectivity index (χ1) is 11.9. The summed E-state index contributed by atoms with van der Waals surface area (Å²) in [5.41, 5.74) is 5.95. The van der Waals surface area contributed by atoms with E-state index in [-0.39, 0.29) is 17.2 Å². The fraction of sp³-hybridized carbons (Fsp3) is 0.125. The lowest BCUT2D eigenvalue weighted by molar-refractivity contribution is -0.384. The molecular formula is C16H15BrN4O4. The Hall–Kier alpha value is -2.94. The molecule has 0 spiro atoms. The number of rotatable bonds is 7. The summed E-state index contributed by atoms with van der Waals surface area (Å²) < 4.78 is 0.878. The number of hydrogen-bond donors (Lipinski definition) is 3. The molecule has 2 aromatic carbocycles. The van der Waals surface area contributed by atoms with Crippen LogP contribution in [0.25, 0.3) is 0 Å². The molecule has 9 heteroatoms. The zero-order valence-electron chi connectivity index (χ0n) is 13.0. The average molecular weight is 407 g/mol. The van der Waals surface area contributed by atoms with E-state index in [0.717, 1.165) is 10.5 Å². The number of carbonyl (C=O) groups excluding carboxylic acids is 2. The van der Waals surface area contributed by atoms with Crippen molar-refractivity contribution in [1.29, 1.82) is 0 Å². The van der Waals surface area contributed by atoms with Crippen molar-refractivity contribution in [3.63, 3.8) is 0 Å². The smallest absolute Gasteiger partial charge is 0.270 e. The van der Waals surface area contributed by atoms with E-state index < -0.39 is 10.8 Å². The quantitative estimate of drug-likeness (QED) is 0.369. The SMILES string of the molecule is NC(=O)c1cc([N+](=O)[O-])ccc1NCCNC(=O)c1ccc(Br)cc1. The summed E-state index contributed by atoms with van der Waals surface area (Å²) in [5, 5.41) is 16.4. The summed E-state index contributed by atoms with van der Waals surface area (Å²) in [6, 6.07) is 10.7. The van der Waals surface area contributed by atoms with Crippen LogP contribution < -0.4 is 16.4 Å². The molecule has 0 saturated carbocycles. The molecule has 2 amide bonds. The van der Waals surface area contributed by atoms with Gasteiger partial charge in [-0.15, -0.1) is 0 Å². The zero-order valence-corrected chi connectivity index (χ0v) is 14.6. The van der Waals surface area contributed by atoms with Crippen LogP contribution in [-0.2, 0) is 0 Å². The van der Waals surface area contributed by atoms with Gasteiger partial charge < -0.3 is 16.4 Å². The Labute approximate surface area is 151 Å². The van der Waals surface area contributed by atoms with E-state index in [1.807, 2.05) is 0 Å². The molecule has 0 radical (unpaired) electrons. The Kier molecular flexibility index (Phi) is 6.07. The van der Waals surface area contributed by atoms with Gasteiger partial charge in [-0.2, -0.15) is 0 Å². The van der Waals surface area contributed by atoms with Crippen molar-refractivity contribution in [3.8, 4) is 0 Å². The van der Waals surface area contributed by atoms with Crippen molar-refractivity contribution in [1.82, 2.24) is 5.32 Å². The first-order valence-electron chi connectivity index (χ1n) is 7.24. The zero-order chi connectivity index (χ0) is 18.4. The first kappa shape index (κ1) is 18.4. The molecule has 4 N–H and O–H groups in total. The Morgan fingerprint density at radius 2 is 1.80 bits per heavy atom. The van der Waals surface area contributed by atoms with Gasteiger partial charge >= 0.3 is 0 Å². The minimum Gasteiger partial charge on any atom is -0.383 e. The van der Waals surface area contributed by atoms with Crippen LogP contribution in [0.1, 0.15) is 20.7 Å². The fourth-order valence-corrected chi connectivity index (χ4v) is 2.34. The van der Waals surface area contributed by atoms with Gasteiger partial charge in [0.05, 0.1) is 10.5 Å². The van der Waals surface area contributed by atoms with Crippen molar-refractivity contribution < 1.29 is 14.5 Å². The molecular weight excluding hydrogens is 392 g/mol. The third-order valence-corrected chi connectivity index (χ3v) is 3.84.